The van der Waals surface area contributed by atoms with Crippen molar-refractivity contribution >= 4 is 21.6 Å². The summed E-state index contributed by atoms with van der Waals surface area (Å²) in [5, 5.41) is 10.9. The normalized spacial score (nSPS) is 19.9. The number of amides is 1. The van der Waals surface area contributed by atoms with Crippen molar-refractivity contribution in [3.8, 4) is 16.9 Å². The molecule has 2 aromatic heterocycles. The number of rotatable bonds is 3. The van der Waals surface area contributed by atoms with Crippen LogP contribution in [0.25, 0.3) is 11.1 Å². The summed E-state index contributed by atoms with van der Waals surface area (Å²) in [5.41, 5.74) is 2.75. The van der Waals surface area contributed by atoms with Crippen LogP contribution < -0.4 is 10.1 Å². The van der Waals surface area contributed by atoms with Gasteiger partial charge in [0.2, 0.25) is 15.9 Å². The number of carbonyl (C=O) groups is 1. The van der Waals surface area contributed by atoms with Gasteiger partial charge in [-0.15, -0.1) is 0 Å². The zero-order chi connectivity index (χ0) is 24.0. The van der Waals surface area contributed by atoms with Gasteiger partial charge < -0.3 is 14.6 Å². The number of nitrogens with zero attached hydrogens (tertiary/aromatic N) is 5. The maximum Gasteiger partial charge on any atom is 0.248 e. The Kier molecular flexibility index (Phi) is 5.66. The van der Waals surface area contributed by atoms with Gasteiger partial charge in [0.25, 0.3) is 0 Å². The lowest BCUT2D eigenvalue weighted by molar-refractivity contribution is -0.118. The van der Waals surface area contributed by atoms with Crippen molar-refractivity contribution in [1.29, 1.82) is 0 Å². The largest absolute Gasteiger partial charge is 0.490 e. The Bertz CT molecular complexity index is 1330. The van der Waals surface area contributed by atoms with Gasteiger partial charge in [0.1, 0.15) is 22.9 Å². The van der Waals surface area contributed by atoms with Gasteiger partial charge in [-0.1, -0.05) is 11.2 Å². The summed E-state index contributed by atoms with van der Waals surface area (Å²) in [6.07, 6.45) is 3.65. The second kappa shape index (κ2) is 8.53. The van der Waals surface area contributed by atoms with E-state index in [-0.39, 0.29) is 48.8 Å². The molecule has 1 fully saturated rings. The SMILES string of the molecule is Cc1noc(C)c1S(=O)(=O)N1CCN2CC(=O)Nc3cc(-c4cnn(C)c4)ccc3OC[C@@H]2C1. The first kappa shape index (κ1) is 22.6. The highest BCUT2D eigenvalue weighted by atomic mass is 32.2. The van der Waals surface area contributed by atoms with Crippen LogP contribution in [0.2, 0.25) is 0 Å². The highest BCUT2D eigenvalue weighted by molar-refractivity contribution is 7.89. The molecule has 0 radical (unpaired) electrons. The van der Waals surface area contributed by atoms with E-state index >= 15 is 0 Å². The van der Waals surface area contributed by atoms with E-state index in [1.165, 1.54) is 4.31 Å². The maximum absolute atomic E-state index is 13.3. The van der Waals surface area contributed by atoms with E-state index in [0.29, 0.717) is 23.7 Å². The van der Waals surface area contributed by atoms with Crippen molar-refractivity contribution in [2.45, 2.75) is 24.8 Å². The van der Waals surface area contributed by atoms with E-state index in [0.717, 1.165) is 11.1 Å². The monoisotopic (exact) mass is 486 g/mol. The highest BCUT2D eigenvalue weighted by Crippen LogP contribution is 2.32. The second-order valence-electron chi connectivity index (χ2n) is 8.61. The van der Waals surface area contributed by atoms with E-state index in [1.54, 1.807) is 24.7 Å². The smallest absolute Gasteiger partial charge is 0.248 e. The third-order valence-corrected chi connectivity index (χ3v) is 8.31. The Morgan fingerprint density at radius 1 is 1.18 bits per heavy atom. The number of ether oxygens (including phenoxy) is 1. The average Bonchev–Trinajstić information content (AvgIpc) is 3.39. The van der Waals surface area contributed by atoms with Gasteiger partial charge in [0.15, 0.2) is 5.76 Å². The fraction of sp³-hybridized carbons (Fsp3) is 0.409. The van der Waals surface area contributed by atoms with E-state index < -0.39 is 10.0 Å². The molecule has 34 heavy (non-hydrogen) atoms. The molecule has 2 aliphatic rings. The van der Waals surface area contributed by atoms with Gasteiger partial charge in [-0.25, -0.2) is 8.42 Å². The molecule has 2 aliphatic heterocycles. The standard InChI is InChI=1S/C22H26N6O5S/c1-14-22(15(2)33-25-14)34(30,31)28-7-6-27-12-21(29)24-19-8-16(17-9-23-26(3)10-17)4-5-20(19)32-13-18(27)11-28/h4-5,8-10,18H,6-7,11-13H2,1-3H3,(H,24,29)/t18-/m0/s1. The zero-order valence-corrected chi connectivity index (χ0v) is 20.0. The first-order chi connectivity index (χ1) is 16.2. The van der Waals surface area contributed by atoms with Crippen molar-refractivity contribution in [2.75, 3.05) is 38.1 Å². The molecule has 0 saturated carbocycles. The Morgan fingerprint density at radius 2 is 2.00 bits per heavy atom. The van der Waals surface area contributed by atoms with Gasteiger partial charge in [-0.2, -0.15) is 9.40 Å². The van der Waals surface area contributed by atoms with Gasteiger partial charge in [-0.05, 0) is 31.5 Å². The van der Waals surface area contributed by atoms with Crippen molar-refractivity contribution in [3.05, 3.63) is 42.0 Å². The fourth-order valence-electron chi connectivity index (χ4n) is 4.48. The summed E-state index contributed by atoms with van der Waals surface area (Å²) in [6.45, 7) is 4.45. The van der Waals surface area contributed by atoms with Crippen molar-refractivity contribution < 1.29 is 22.5 Å². The number of hydrogen-bond acceptors (Lipinski definition) is 8. The first-order valence-electron chi connectivity index (χ1n) is 10.9. The van der Waals surface area contributed by atoms with Crippen molar-refractivity contribution in [3.63, 3.8) is 0 Å². The number of piperazine rings is 1. The van der Waals surface area contributed by atoms with Crippen LogP contribution in [0.15, 0.2) is 40.0 Å². The molecule has 3 aromatic rings. The molecule has 1 aromatic carbocycles. The molecule has 4 heterocycles. The summed E-state index contributed by atoms with van der Waals surface area (Å²) in [5.74, 6) is 0.624. The lowest BCUT2D eigenvalue weighted by Crippen LogP contribution is -2.57. The summed E-state index contributed by atoms with van der Waals surface area (Å²) < 4.78 is 40.9. The number of nitrogens with one attached hydrogen (secondary N) is 1. The van der Waals surface area contributed by atoms with Crippen LogP contribution in [0.5, 0.6) is 5.75 Å². The molecule has 180 valence electrons. The van der Waals surface area contributed by atoms with Crippen LogP contribution in [-0.4, -0.2) is 77.3 Å². The van der Waals surface area contributed by atoms with Crippen LogP contribution in [-0.2, 0) is 21.9 Å². The average molecular weight is 487 g/mol. The number of fused-ring (bicyclic) bond motifs is 2. The van der Waals surface area contributed by atoms with E-state index in [2.05, 4.69) is 15.6 Å². The number of hydrogen-bond donors (Lipinski definition) is 1. The molecule has 0 spiro atoms. The van der Waals surface area contributed by atoms with Gasteiger partial charge >= 0.3 is 0 Å². The van der Waals surface area contributed by atoms with Crippen molar-refractivity contribution in [1.82, 2.24) is 24.1 Å². The number of aryl methyl sites for hydroxylation is 3. The molecule has 1 amide bonds. The number of sulfonamides is 1. The minimum Gasteiger partial charge on any atom is -0.490 e. The van der Waals surface area contributed by atoms with Crippen LogP contribution >= 0.6 is 0 Å². The quantitative estimate of drug-likeness (QED) is 0.589. The Balaban J connectivity index is 1.39. The topological polar surface area (TPSA) is 123 Å². The molecule has 0 aliphatic carbocycles. The fourth-order valence-corrected chi connectivity index (χ4v) is 6.24. The molecule has 0 bridgehead atoms. The summed E-state index contributed by atoms with van der Waals surface area (Å²) in [4.78, 5) is 14.9. The molecule has 0 unspecified atom stereocenters. The number of anilines is 1. The lowest BCUT2D eigenvalue weighted by atomic mass is 10.1. The van der Waals surface area contributed by atoms with E-state index in [1.807, 2.05) is 36.3 Å². The van der Waals surface area contributed by atoms with Crippen LogP contribution in [0.3, 0.4) is 0 Å². The predicted molar refractivity (Wildman–Crippen MR) is 123 cm³/mol. The van der Waals surface area contributed by atoms with Crippen LogP contribution in [0.1, 0.15) is 11.5 Å². The minimum absolute atomic E-state index is 0.107. The van der Waals surface area contributed by atoms with Gasteiger partial charge in [0.05, 0.1) is 24.5 Å². The summed E-state index contributed by atoms with van der Waals surface area (Å²) in [6, 6.07) is 5.29. The number of aromatic nitrogens is 3. The molecule has 12 heteroatoms. The zero-order valence-electron chi connectivity index (χ0n) is 19.2. The number of benzene rings is 1. The molecule has 11 nitrogen and oxygen atoms in total. The highest BCUT2D eigenvalue weighted by Gasteiger charge is 2.38. The first-order valence-corrected chi connectivity index (χ1v) is 12.4. The van der Waals surface area contributed by atoms with Gasteiger partial charge in [0, 0.05) is 38.4 Å². The maximum atomic E-state index is 13.3. The van der Waals surface area contributed by atoms with Gasteiger partial charge in [-0.3, -0.25) is 14.4 Å². The van der Waals surface area contributed by atoms with E-state index in [9.17, 15) is 13.2 Å². The second-order valence-corrected chi connectivity index (χ2v) is 10.5. The molecule has 1 N–H and O–H groups in total. The molecule has 5 rings (SSSR count). The number of carbonyl (C=O) groups excluding carboxylic acids is 1. The van der Waals surface area contributed by atoms with E-state index in [4.69, 9.17) is 9.26 Å². The molecular formula is C22H26N6O5S. The molecule has 1 saturated heterocycles. The Hall–Kier alpha value is -3.22. The van der Waals surface area contributed by atoms with Crippen LogP contribution in [0, 0.1) is 13.8 Å². The van der Waals surface area contributed by atoms with Crippen LogP contribution in [0.4, 0.5) is 5.69 Å². The summed E-state index contributed by atoms with van der Waals surface area (Å²) in [7, 11) is -1.94. The lowest BCUT2D eigenvalue weighted by Gasteiger charge is -2.39. The third-order valence-electron chi connectivity index (χ3n) is 6.20. The van der Waals surface area contributed by atoms with Crippen molar-refractivity contribution in [2.24, 2.45) is 7.05 Å². The predicted octanol–water partition coefficient (Wildman–Crippen LogP) is 1.40. The third kappa shape index (κ3) is 4.08. The summed E-state index contributed by atoms with van der Waals surface area (Å²) >= 11 is 0. The Labute approximate surface area is 197 Å². The molecule has 1 atom stereocenters. The molecular weight excluding hydrogens is 460 g/mol. The Morgan fingerprint density at radius 3 is 2.71 bits per heavy atom. The minimum atomic E-state index is -3.78.